The zero-order valence-electron chi connectivity index (χ0n) is 10.9. The van der Waals surface area contributed by atoms with E-state index in [0.29, 0.717) is 25.6 Å². The van der Waals surface area contributed by atoms with Crippen LogP contribution in [0.25, 0.3) is 0 Å². The topological polar surface area (TPSA) is 75.3 Å². The van der Waals surface area contributed by atoms with Gasteiger partial charge in [0.2, 0.25) is 0 Å². The van der Waals surface area contributed by atoms with E-state index in [1.807, 2.05) is 18.2 Å². The second kappa shape index (κ2) is 7.58. The summed E-state index contributed by atoms with van der Waals surface area (Å²) < 4.78 is 5.25. The van der Waals surface area contributed by atoms with Gasteiger partial charge in [0, 0.05) is 38.4 Å². The number of hydrogen-bond donors (Lipinski definition) is 3. The lowest BCUT2D eigenvalue weighted by molar-refractivity contribution is 0.185. The number of ether oxygens (including phenoxy) is 1. The predicted molar refractivity (Wildman–Crippen MR) is 73.1 cm³/mol. The number of amides is 2. The zero-order valence-corrected chi connectivity index (χ0v) is 10.9. The predicted octanol–water partition coefficient (Wildman–Crippen LogP) is 0.829. The SMILES string of the molecule is O=C(NCCNc1ccccn1)NC[C@H]1CCOC1. The van der Waals surface area contributed by atoms with E-state index in [0.717, 1.165) is 25.5 Å². The molecule has 0 unspecified atom stereocenters. The van der Waals surface area contributed by atoms with Gasteiger partial charge in [0.05, 0.1) is 6.61 Å². The van der Waals surface area contributed by atoms with E-state index in [9.17, 15) is 4.79 Å². The van der Waals surface area contributed by atoms with E-state index in [1.165, 1.54) is 0 Å². The van der Waals surface area contributed by atoms with Gasteiger partial charge in [-0.2, -0.15) is 0 Å². The fraction of sp³-hybridized carbons (Fsp3) is 0.538. The minimum atomic E-state index is -0.130. The lowest BCUT2D eigenvalue weighted by Gasteiger charge is -2.11. The highest BCUT2D eigenvalue weighted by atomic mass is 16.5. The van der Waals surface area contributed by atoms with E-state index in [2.05, 4.69) is 20.9 Å². The Morgan fingerprint density at radius 2 is 2.32 bits per heavy atom. The first-order valence-electron chi connectivity index (χ1n) is 6.59. The minimum Gasteiger partial charge on any atom is -0.381 e. The van der Waals surface area contributed by atoms with E-state index < -0.39 is 0 Å². The molecule has 2 amide bonds. The van der Waals surface area contributed by atoms with Crippen LogP contribution in [-0.4, -0.2) is 43.9 Å². The summed E-state index contributed by atoms with van der Waals surface area (Å²) in [6.45, 7) is 3.45. The number of nitrogens with one attached hydrogen (secondary N) is 3. The highest BCUT2D eigenvalue weighted by Crippen LogP contribution is 2.10. The summed E-state index contributed by atoms with van der Waals surface area (Å²) in [6.07, 6.45) is 2.76. The number of urea groups is 1. The first-order valence-corrected chi connectivity index (χ1v) is 6.59. The molecule has 0 radical (unpaired) electrons. The fourth-order valence-corrected chi connectivity index (χ4v) is 1.88. The van der Waals surface area contributed by atoms with Crippen molar-refractivity contribution >= 4 is 11.8 Å². The molecule has 1 fully saturated rings. The summed E-state index contributed by atoms with van der Waals surface area (Å²) in [5.41, 5.74) is 0. The van der Waals surface area contributed by atoms with Crippen molar-refractivity contribution in [1.29, 1.82) is 0 Å². The van der Waals surface area contributed by atoms with Gasteiger partial charge in [-0.15, -0.1) is 0 Å². The molecule has 6 heteroatoms. The standard InChI is InChI=1S/C13H20N4O2/c18-13(17-9-11-4-8-19-10-11)16-7-6-15-12-3-1-2-5-14-12/h1-3,5,11H,4,6-10H2,(H,14,15)(H2,16,17,18)/t11-/m1/s1. The Bertz CT molecular complexity index is 379. The van der Waals surface area contributed by atoms with Crippen LogP contribution in [-0.2, 0) is 4.74 Å². The average molecular weight is 264 g/mol. The lowest BCUT2D eigenvalue weighted by Crippen LogP contribution is -2.40. The van der Waals surface area contributed by atoms with Crippen molar-refractivity contribution in [1.82, 2.24) is 15.6 Å². The van der Waals surface area contributed by atoms with E-state index in [1.54, 1.807) is 6.20 Å². The number of pyridine rings is 1. The third kappa shape index (κ3) is 5.13. The summed E-state index contributed by atoms with van der Waals surface area (Å²) in [5.74, 6) is 1.27. The molecule has 1 aliphatic heterocycles. The number of anilines is 1. The van der Waals surface area contributed by atoms with Gasteiger partial charge in [-0.1, -0.05) is 6.07 Å². The molecule has 1 aliphatic rings. The Morgan fingerprint density at radius 3 is 3.05 bits per heavy atom. The molecule has 0 aliphatic carbocycles. The molecule has 104 valence electrons. The van der Waals surface area contributed by atoms with E-state index in [-0.39, 0.29) is 6.03 Å². The van der Waals surface area contributed by atoms with Crippen LogP contribution in [0, 0.1) is 5.92 Å². The lowest BCUT2D eigenvalue weighted by atomic mass is 10.1. The highest BCUT2D eigenvalue weighted by molar-refractivity contribution is 5.73. The van der Waals surface area contributed by atoms with Crippen molar-refractivity contribution in [3.8, 4) is 0 Å². The third-order valence-electron chi connectivity index (χ3n) is 2.96. The first-order chi connectivity index (χ1) is 9.34. The molecule has 2 rings (SSSR count). The number of carbonyl (C=O) groups excluding carboxylic acids is 1. The molecule has 1 atom stereocenters. The second-order valence-corrected chi connectivity index (χ2v) is 4.51. The molecular formula is C13H20N4O2. The van der Waals surface area contributed by atoms with Crippen molar-refractivity contribution in [3.05, 3.63) is 24.4 Å². The van der Waals surface area contributed by atoms with Crippen LogP contribution in [0.2, 0.25) is 0 Å². The maximum Gasteiger partial charge on any atom is 0.314 e. The van der Waals surface area contributed by atoms with Gasteiger partial charge in [0.25, 0.3) is 0 Å². The maximum absolute atomic E-state index is 11.5. The quantitative estimate of drug-likeness (QED) is 0.665. The minimum absolute atomic E-state index is 0.130. The Labute approximate surface area is 112 Å². The first kappa shape index (κ1) is 13.6. The number of nitrogens with zero attached hydrogens (tertiary/aromatic N) is 1. The van der Waals surface area contributed by atoms with Crippen molar-refractivity contribution in [2.24, 2.45) is 5.92 Å². The third-order valence-corrected chi connectivity index (χ3v) is 2.96. The molecule has 2 heterocycles. The summed E-state index contributed by atoms with van der Waals surface area (Å²) in [5, 5.41) is 8.77. The van der Waals surface area contributed by atoms with Crippen LogP contribution in [0.1, 0.15) is 6.42 Å². The largest absolute Gasteiger partial charge is 0.381 e. The van der Waals surface area contributed by atoms with E-state index >= 15 is 0 Å². The highest BCUT2D eigenvalue weighted by Gasteiger charge is 2.15. The molecule has 1 aromatic rings. The molecule has 0 bridgehead atoms. The summed E-state index contributed by atoms with van der Waals surface area (Å²) in [6, 6.07) is 5.54. The molecule has 1 saturated heterocycles. The van der Waals surface area contributed by atoms with Crippen LogP contribution in [0.3, 0.4) is 0 Å². The maximum atomic E-state index is 11.5. The molecule has 19 heavy (non-hydrogen) atoms. The number of aromatic nitrogens is 1. The number of hydrogen-bond acceptors (Lipinski definition) is 4. The van der Waals surface area contributed by atoms with Gasteiger partial charge in [-0.25, -0.2) is 9.78 Å². The van der Waals surface area contributed by atoms with Gasteiger partial charge in [-0.05, 0) is 18.6 Å². The van der Waals surface area contributed by atoms with Crippen molar-refractivity contribution in [2.75, 3.05) is 38.2 Å². The fourth-order valence-electron chi connectivity index (χ4n) is 1.88. The van der Waals surface area contributed by atoms with Crippen molar-refractivity contribution in [2.45, 2.75) is 6.42 Å². The van der Waals surface area contributed by atoms with E-state index in [4.69, 9.17) is 4.74 Å². The average Bonchev–Trinajstić information content (AvgIpc) is 2.96. The molecule has 1 aromatic heterocycles. The van der Waals surface area contributed by atoms with Gasteiger partial charge in [-0.3, -0.25) is 0 Å². The smallest absolute Gasteiger partial charge is 0.314 e. The van der Waals surface area contributed by atoms with Gasteiger partial charge >= 0.3 is 6.03 Å². The van der Waals surface area contributed by atoms with Gasteiger partial charge in [0.15, 0.2) is 0 Å². The molecule has 0 aromatic carbocycles. The zero-order chi connectivity index (χ0) is 13.3. The normalized spacial score (nSPS) is 18.0. The summed E-state index contributed by atoms with van der Waals surface area (Å²) in [7, 11) is 0. The summed E-state index contributed by atoms with van der Waals surface area (Å²) >= 11 is 0. The van der Waals surface area contributed by atoms with Crippen LogP contribution in [0.5, 0.6) is 0 Å². The van der Waals surface area contributed by atoms with Gasteiger partial charge in [0.1, 0.15) is 5.82 Å². The molecule has 0 saturated carbocycles. The Balaban J connectivity index is 1.51. The molecule has 6 nitrogen and oxygen atoms in total. The van der Waals surface area contributed by atoms with Crippen molar-refractivity contribution in [3.63, 3.8) is 0 Å². The number of rotatable bonds is 6. The Morgan fingerprint density at radius 1 is 1.37 bits per heavy atom. The van der Waals surface area contributed by atoms with Crippen molar-refractivity contribution < 1.29 is 9.53 Å². The van der Waals surface area contributed by atoms with Gasteiger partial charge < -0.3 is 20.7 Å². The second-order valence-electron chi connectivity index (χ2n) is 4.51. The van der Waals surface area contributed by atoms with Crippen LogP contribution in [0.15, 0.2) is 24.4 Å². The van der Waals surface area contributed by atoms with Crippen LogP contribution < -0.4 is 16.0 Å². The summed E-state index contributed by atoms with van der Waals surface area (Å²) in [4.78, 5) is 15.6. The molecule has 0 spiro atoms. The molecular weight excluding hydrogens is 244 g/mol. The number of carbonyl (C=O) groups is 1. The van der Waals surface area contributed by atoms with Crippen LogP contribution >= 0.6 is 0 Å². The monoisotopic (exact) mass is 264 g/mol. The Kier molecular flexibility index (Phi) is 5.43. The Hall–Kier alpha value is -1.82. The molecule has 3 N–H and O–H groups in total. The van der Waals surface area contributed by atoms with Crippen LogP contribution in [0.4, 0.5) is 10.6 Å².